The van der Waals surface area contributed by atoms with Crippen molar-refractivity contribution in [2.24, 2.45) is 0 Å². The molecule has 1 N–H and O–H groups in total. The monoisotopic (exact) mass is 279 g/mol. The van der Waals surface area contributed by atoms with Gasteiger partial charge in [-0.05, 0) is 25.0 Å². The number of benzene rings is 1. The van der Waals surface area contributed by atoms with Gasteiger partial charge in [-0.15, -0.1) is 22.0 Å². The molecule has 0 aliphatic heterocycles. The van der Waals surface area contributed by atoms with Crippen LogP contribution in [0.5, 0.6) is 0 Å². The first-order valence-electron chi connectivity index (χ1n) is 5.98. The Morgan fingerprint density at radius 3 is 2.83 bits per heavy atom. The Kier molecular flexibility index (Phi) is 5.01. The first-order valence-corrected chi connectivity index (χ1v) is 7.95. The van der Waals surface area contributed by atoms with E-state index < -0.39 is 0 Å². The molecule has 2 aromatic rings. The molecule has 0 bridgehead atoms. The van der Waals surface area contributed by atoms with E-state index in [1.54, 1.807) is 11.3 Å². The molecule has 0 atom stereocenters. The molecule has 3 nitrogen and oxygen atoms in total. The minimum absolute atomic E-state index is 0.894. The first kappa shape index (κ1) is 13.4. The molecular weight excluding hydrogens is 262 g/mol. The van der Waals surface area contributed by atoms with Crippen LogP contribution in [0.25, 0.3) is 0 Å². The highest BCUT2D eigenvalue weighted by Gasteiger charge is 2.04. The van der Waals surface area contributed by atoms with Crippen LogP contribution >= 0.6 is 23.1 Å². The Bertz CT molecular complexity index is 496. The number of hydrogen-bond acceptors (Lipinski definition) is 5. The van der Waals surface area contributed by atoms with Gasteiger partial charge in [-0.2, -0.15) is 0 Å². The minimum Gasteiger partial charge on any atom is -0.360 e. The minimum atomic E-state index is 0.894. The summed E-state index contributed by atoms with van der Waals surface area (Å²) in [7, 11) is 0. The van der Waals surface area contributed by atoms with Crippen LogP contribution < -0.4 is 5.32 Å². The molecule has 0 amide bonds. The SMILES string of the molecule is CCNc1nnc(CSCc2ccccc2C)s1. The highest BCUT2D eigenvalue weighted by atomic mass is 32.2. The summed E-state index contributed by atoms with van der Waals surface area (Å²) < 4.78 is 0. The van der Waals surface area contributed by atoms with E-state index in [1.807, 2.05) is 11.8 Å². The summed E-state index contributed by atoms with van der Waals surface area (Å²) in [4.78, 5) is 0. The third-order valence-electron chi connectivity index (χ3n) is 2.54. The molecule has 0 fully saturated rings. The van der Waals surface area contributed by atoms with E-state index in [0.29, 0.717) is 0 Å². The zero-order valence-electron chi connectivity index (χ0n) is 10.6. The topological polar surface area (TPSA) is 37.8 Å². The summed E-state index contributed by atoms with van der Waals surface area (Å²) in [5, 5.41) is 13.5. The number of nitrogens with zero attached hydrogens (tertiary/aromatic N) is 2. The molecule has 0 radical (unpaired) electrons. The van der Waals surface area contributed by atoms with Gasteiger partial charge < -0.3 is 5.32 Å². The third kappa shape index (κ3) is 3.71. The number of nitrogens with one attached hydrogen (secondary N) is 1. The lowest BCUT2D eigenvalue weighted by Gasteiger charge is -2.03. The normalized spacial score (nSPS) is 10.6. The van der Waals surface area contributed by atoms with E-state index in [0.717, 1.165) is 28.2 Å². The molecule has 0 spiro atoms. The lowest BCUT2D eigenvalue weighted by atomic mass is 10.1. The molecule has 0 aliphatic carbocycles. The predicted octanol–water partition coefficient (Wildman–Crippen LogP) is 3.71. The zero-order chi connectivity index (χ0) is 12.8. The number of hydrogen-bond donors (Lipinski definition) is 1. The third-order valence-corrected chi connectivity index (χ3v) is 4.60. The van der Waals surface area contributed by atoms with Crippen LogP contribution in [0.2, 0.25) is 0 Å². The number of aryl methyl sites for hydroxylation is 1. The van der Waals surface area contributed by atoms with Crippen molar-refractivity contribution in [1.29, 1.82) is 0 Å². The van der Waals surface area contributed by atoms with Crippen LogP contribution in [-0.4, -0.2) is 16.7 Å². The summed E-state index contributed by atoms with van der Waals surface area (Å²) in [6, 6.07) is 8.52. The fraction of sp³-hybridized carbons (Fsp3) is 0.385. The molecular formula is C13H17N3S2. The van der Waals surface area contributed by atoms with E-state index >= 15 is 0 Å². The second kappa shape index (κ2) is 6.75. The molecule has 1 aromatic heterocycles. The summed E-state index contributed by atoms with van der Waals surface area (Å²) in [5.74, 6) is 1.96. The van der Waals surface area contributed by atoms with Gasteiger partial charge in [0.05, 0.1) is 0 Å². The summed E-state index contributed by atoms with van der Waals surface area (Å²) >= 11 is 3.53. The molecule has 5 heteroatoms. The van der Waals surface area contributed by atoms with Crippen molar-refractivity contribution in [3.8, 4) is 0 Å². The Morgan fingerprint density at radius 2 is 2.06 bits per heavy atom. The van der Waals surface area contributed by atoms with Crippen molar-refractivity contribution in [3.63, 3.8) is 0 Å². The predicted molar refractivity (Wildman–Crippen MR) is 80.3 cm³/mol. The first-order chi connectivity index (χ1) is 8.79. The van der Waals surface area contributed by atoms with Crippen molar-refractivity contribution in [2.75, 3.05) is 11.9 Å². The lowest BCUT2D eigenvalue weighted by molar-refractivity contribution is 1.03. The van der Waals surface area contributed by atoms with Gasteiger partial charge in [0, 0.05) is 18.1 Å². The van der Waals surface area contributed by atoms with Gasteiger partial charge in [0.2, 0.25) is 5.13 Å². The number of rotatable bonds is 6. The Labute approximate surface area is 116 Å². The number of aromatic nitrogens is 2. The molecule has 0 unspecified atom stereocenters. The van der Waals surface area contributed by atoms with Gasteiger partial charge in [-0.25, -0.2) is 0 Å². The maximum absolute atomic E-state index is 4.17. The van der Waals surface area contributed by atoms with Crippen molar-refractivity contribution in [1.82, 2.24) is 10.2 Å². The highest BCUT2D eigenvalue weighted by Crippen LogP contribution is 2.23. The Balaban J connectivity index is 1.83. The molecule has 0 saturated carbocycles. The van der Waals surface area contributed by atoms with Crippen LogP contribution in [0.3, 0.4) is 0 Å². The Hall–Kier alpha value is -1.07. The van der Waals surface area contributed by atoms with E-state index in [4.69, 9.17) is 0 Å². The second-order valence-corrected chi connectivity index (χ2v) is 6.00. The Morgan fingerprint density at radius 1 is 1.22 bits per heavy atom. The van der Waals surface area contributed by atoms with E-state index in [2.05, 4.69) is 53.6 Å². The van der Waals surface area contributed by atoms with Crippen LogP contribution in [-0.2, 0) is 11.5 Å². The summed E-state index contributed by atoms with van der Waals surface area (Å²) in [6.07, 6.45) is 0. The van der Waals surface area contributed by atoms with Gasteiger partial charge in [-0.3, -0.25) is 0 Å². The van der Waals surface area contributed by atoms with Crippen LogP contribution in [0.4, 0.5) is 5.13 Å². The van der Waals surface area contributed by atoms with Crippen molar-refractivity contribution < 1.29 is 0 Å². The number of thioether (sulfide) groups is 1. The van der Waals surface area contributed by atoms with Crippen LogP contribution in [0.15, 0.2) is 24.3 Å². The zero-order valence-corrected chi connectivity index (χ0v) is 12.3. The second-order valence-electron chi connectivity index (χ2n) is 3.95. The average molecular weight is 279 g/mol. The van der Waals surface area contributed by atoms with E-state index in [-0.39, 0.29) is 0 Å². The quantitative estimate of drug-likeness (QED) is 0.874. The smallest absolute Gasteiger partial charge is 0.205 e. The van der Waals surface area contributed by atoms with Gasteiger partial charge in [0.25, 0.3) is 0 Å². The molecule has 1 heterocycles. The van der Waals surface area contributed by atoms with Gasteiger partial charge in [0.1, 0.15) is 5.01 Å². The van der Waals surface area contributed by atoms with Crippen molar-refractivity contribution in [2.45, 2.75) is 25.4 Å². The van der Waals surface area contributed by atoms with Gasteiger partial charge in [0.15, 0.2) is 0 Å². The lowest BCUT2D eigenvalue weighted by Crippen LogP contribution is -1.94. The van der Waals surface area contributed by atoms with Gasteiger partial charge in [-0.1, -0.05) is 35.6 Å². The molecule has 0 aliphatic rings. The molecule has 96 valence electrons. The number of anilines is 1. The molecule has 2 rings (SSSR count). The molecule has 18 heavy (non-hydrogen) atoms. The van der Waals surface area contributed by atoms with Crippen molar-refractivity contribution in [3.05, 3.63) is 40.4 Å². The maximum atomic E-state index is 4.17. The van der Waals surface area contributed by atoms with Crippen LogP contribution in [0.1, 0.15) is 23.1 Å². The van der Waals surface area contributed by atoms with Crippen molar-refractivity contribution >= 4 is 28.2 Å². The fourth-order valence-corrected chi connectivity index (χ4v) is 3.52. The molecule has 1 aromatic carbocycles. The maximum Gasteiger partial charge on any atom is 0.205 e. The van der Waals surface area contributed by atoms with E-state index in [9.17, 15) is 0 Å². The largest absolute Gasteiger partial charge is 0.360 e. The highest BCUT2D eigenvalue weighted by molar-refractivity contribution is 7.97. The summed E-state index contributed by atoms with van der Waals surface area (Å²) in [6.45, 7) is 5.11. The average Bonchev–Trinajstić information content (AvgIpc) is 2.80. The standard InChI is InChI=1S/C13H17N3S2/c1-3-14-13-16-15-12(18-13)9-17-8-11-7-5-4-6-10(11)2/h4-7H,3,8-9H2,1-2H3,(H,14,16). The molecule has 0 saturated heterocycles. The van der Waals surface area contributed by atoms with E-state index in [1.165, 1.54) is 11.1 Å². The van der Waals surface area contributed by atoms with Gasteiger partial charge >= 0.3 is 0 Å². The summed E-state index contributed by atoms with van der Waals surface area (Å²) in [5.41, 5.74) is 2.76. The fourth-order valence-electron chi connectivity index (χ4n) is 1.55. The van der Waals surface area contributed by atoms with Crippen LogP contribution in [0, 0.1) is 6.92 Å².